The molecule has 0 unspecified atom stereocenters. The van der Waals surface area contributed by atoms with Gasteiger partial charge in [-0.05, 0) is 19.4 Å². The van der Waals surface area contributed by atoms with Crippen molar-refractivity contribution >= 4 is 17.1 Å². The lowest BCUT2D eigenvalue weighted by molar-refractivity contribution is 0.0514. The first kappa shape index (κ1) is 15.9. The van der Waals surface area contributed by atoms with Gasteiger partial charge in [-0.3, -0.25) is 0 Å². The summed E-state index contributed by atoms with van der Waals surface area (Å²) in [5.74, 6) is -0.385. The predicted molar refractivity (Wildman–Crippen MR) is 88.0 cm³/mol. The molecule has 0 aliphatic carbocycles. The fraction of sp³-hybridized carbons (Fsp3) is 0.294. The van der Waals surface area contributed by atoms with Crippen molar-refractivity contribution in [2.45, 2.75) is 20.4 Å². The first-order chi connectivity index (χ1) is 11.7. The Balaban J connectivity index is 2.02. The lowest BCUT2D eigenvalue weighted by atomic mass is 10.2. The maximum absolute atomic E-state index is 12.0. The summed E-state index contributed by atoms with van der Waals surface area (Å²) < 4.78 is 12.2. The third-order valence-corrected chi connectivity index (χ3v) is 3.36. The molecule has 0 N–H and O–H groups in total. The summed E-state index contributed by atoms with van der Waals surface area (Å²) in [5, 5.41) is 4.32. The molecule has 2 aromatic heterocycles. The number of benzene rings is 1. The van der Waals surface area contributed by atoms with E-state index in [-0.39, 0.29) is 18.2 Å². The van der Waals surface area contributed by atoms with Crippen LogP contribution in [-0.2, 0) is 11.3 Å². The Morgan fingerprint density at radius 2 is 1.92 bits per heavy atom. The van der Waals surface area contributed by atoms with Gasteiger partial charge in [0.1, 0.15) is 5.52 Å². The van der Waals surface area contributed by atoms with Gasteiger partial charge in [-0.25, -0.2) is 14.5 Å². The number of carbonyl (C=O) groups excluding carboxylic acids is 1. The van der Waals surface area contributed by atoms with E-state index in [1.54, 1.807) is 17.8 Å². The van der Waals surface area contributed by atoms with Crippen LogP contribution in [0.3, 0.4) is 0 Å². The Morgan fingerprint density at radius 1 is 1.12 bits per heavy atom. The summed E-state index contributed by atoms with van der Waals surface area (Å²) in [6, 6.07) is 9.92. The van der Waals surface area contributed by atoms with Crippen molar-refractivity contribution < 1.29 is 14.3 Å². The number of carbonyl (C=O) groups is 1. The van der Waals surface area contributed by atoms with Crippen molar-refractivity contribution in [3.63, 3.8) is 0 Å². The zero-order chi connectivity index (χ0) is 16.9. The van der Waals surface area contributed by atoms with Crippen molar-refractivity contribution in [3.8, 4) is 5.88 Å². The highest BCUT2D eigenvalue weighted by atomic mass is 16.5. The number of rotatable bonds is 6. The van der Waals surface area contributed by atoms with Gasteiger partial charge in [0, 0.05) is 0 Å². The van der Waals surface area contributed by atoms with Gasteiger partial charge < -0.3 is 9.47 Å². The number of hydrogen-bond acceptors (Lipinski definition) is 6. The standard InChI is InChI=1S/C17H18N4O3/c1-3-23-16-14(17(22)24-4-2)19-13-10-18-21(15(13)20-16)11-12-8-6-5-7-9-12/h5-10H,3-4,11H2,1-2H3. The topological polar surface area (TPSA) is 79.1 Å². The molecule has 1 aromatic carbocycles. The fourth-order valence-corrected chi connectivity index (χ4v) is 2.32. The van der Waals surface area contributed by atoms with Gasteiger partial charge >= 0.3 is 5.97 Å². The highest BCUT2D eigenvalue weighted by Crippen LogP contribution is 2.20. The molecular formula is C17H18N4O3. The zero-order valence-corrected chi connectivity index (χ0v) is 13.6. The maximum Gasteiger partial charge on any atom is 0.362 e. The van der Waals surface area contributed by atoms with E-state index in [1.165, 1.54) is 0 Å². The van der Waals surface area contributed by atoms with Crippen LogP contribution in [0.4, 0.5) is 0 Å². The van der Waals surface area contributed by atoms with Crippen LogP contribution in [0.25, 0.3) is 11.2 Å². The van der Waals surface area contributed by atoms with Crippen molar-refractivity contribution in [1.82, 2.24) is 19.7 Å². The summed E-state index contributed by atoms with van der Waals surface area (Å²) in [6.07, 6.45) is 1.59. The predicted octanol–water partition coefficient (Wildman–Crippen LogP) is 2.45. The van der Waals surface area contributed by atoms with E-state index in [2.05, 4.69) is 15.1 Å². The van der Waals surface area contributed by atoms with E-state index < -0.39 is 5.97 Å². The van der Waals surface area contributed by atoms with E-state index in [1.807, 2.05) is 37.3 Å². The second-order valence-electron chi connectivity index (χ2n) is 5.03. The molecule has 0 amide bonds. The number of esters is 1. The smallest absolute Gasteiger partial charge is 0.362 e. The van der Waals surface area contributed by atoms with E-state index in [9.17, 15) is 4.79 Å². The van der Waals surface area contributed by atoms with E-state index >= 15 is 0 Å². The van der Waals surface area contributed by atoms with Crippen LogP contribution >= 0.6 is 0 Å². The molecule has 3 rings (SSSR count). The van der Waals surface area contributed by atoms with Crippen LogP contribution in [0, 0.1) is 0 Å². The second kappa shape index (κ2) is 7.08. The molecule has 3 aromatic rings. The number of nitrogens with zero attached hydrogens (tertiary/aromatic N) is 4. The van der Waals surface area contributed by atoms with Gasteiger partial charge in [-0.2, -0.15) is 10.1 Å². The molecule has 24 heavy (non-hydrogen) atoms. The molecule has 0 aliphatic heterocycles. The average molecular weight is 326 g/mol. The maximum atomic E-state index is 12.0. The van der Waals surface area contributed by atoms with E-state index in [4.69, 9.17) is 9.47 Å². The number of aromatic nitrogens is 4. The molecule has 124 valence electrons. The molecule has 0 spiro atoms. The molecular weight excluding hydrogens is 308 g/mol. The van der Waals surface area contributed by atoms with Crippen molar-refractivity contribution in [3.05, 3.63) is 47.8 Å². The minimum absolute atomic E-state index is 0.0745. The van der Waals surface area contributed by atoms with E-state index in [0.717, 1.165) is 5.56 Å². The number of ether oxygens (including phenoxy) is 2. The summed E-state index contributed by atoms with van der Waals surface area (Å²) >= 11 is 0. The molecule has 2 heterocycles. The number of hydrogen-bond donors (Lipinski definition) is 0. The van der Waals surface area contributed by atoms with Crippen molar-refractivity contribution in [2.75, 3.05) is 13.2 Å². The molecule has 0 radical (unpaired) electrons. The largest absolute Gasteiger partial charge is 0.476 e. The zero-order valence-electron chi connectivity index (χ0n) is 13.6. The Labute approximate surface area is 139 Å². The van der Waals surface area contributed by atoms with E-state index in [0.29, 0.717) is 24.3 Å². The SMILES string of the molecule is CCOC(=O)c1nc2cnn(Cc3ccccc3)c2nc1OCC. The Hall–Kier alpha value is -2.96. The summed E-state index contributed by atoms with van der Waals surface area (Å²) in [5.41, 5.74) is 2.26. The lowest BCUT2D eigenvalue weighted by Gasteiger charge is -2.09. The summed E-state index contributed by atoms with van der Waals surface area (Å²) in [4.78, 5) is 20.8. The Morgan fingerprint density at radius 3 is 2.62 bits per heavy atom. The average Bonchev–Trinajstić information content (AvgIpc) is 2.98. The van der Waals surface area contributed by atoms with Crippen molar-refractivity contribution in [1.29, 1.82) is 0 Å². The third-order valence-electron chi connectivity index (χ3n) is 3.36. The normalized spacial score (nSPS) is 10.8. The molecule has 0 bridgehead atoms. The number of fused-ring (bicyclic) bond motifs is 1. The van der Waals surface area contributed by atoms with Crippen LogP contribution in [0.5, 0.6) is 5.88 Å². The van der Waals surface area contributed by atoms with Gasteiger partial charge in [-0.15, -0.1) is 0 Å². The van der Waals surface area contributed by atoms with Gasteiger partial charge in [0.05, 0.1) is 26.0 Å². The van der Waals surface area contributed by atoms with Gasteiger partial charge in [0.15, 0.2) is 5.65 Å². The Bertz CT molecular complexity index is 846. The minimum Gasteiger partial charge on any atom is -0.476 e. The molecule has 7 nitrogen and oxygen atoms in total. The second-order valence-corrected chi connectivity index (χ2v) is 5.03. The third kappa shape index (κ3) is 3.19. The molecule has 0 saturated heterocycles. The van der Waals surface area contributed by atoms with Crippen LogP contribution in [0.1, 0.15) is 29.9 Å². The molecule has 0 atom stereocenters. The van der Waals surface area contributed by atoms with Crippen LogP contribution in [-0.4, -0.2) is 38.9 Å². The van der Waals surface area contributed by atoms with Gasteiger partial charge in [0.2, 0.25) is 11.6 Å². The quantitative estimate of drug-likeness (QED) is 0.647. The minimum atomic E-state index is -0.550. The molecule has 0 fully saturated rings. The first-order valence-electron chi connectivity index (χ1n) is 7.80. The molecule has 7 heteroatoms. The van der Waals surface area contributed by atoms with Crippen LogP contribution in [0.15, 0.2) is 36.5 Å². The van der Waals surface area contributed by atoms with Crippen LogP contribution < -0.4 is 4.74 Å². The first-order valence-corrected chi connectivity index (χ1v) is 7.80. The van der Waals surface area contributed by atoms with Crippen LogP contribution in [0.2, 0.25) is 0 Å². The van der Waals surface area contributed by atoms with Crippen molar-refractivity contribution in [2.24, 2.45) is 0 Å². The highest BCUT2D eigenvalue weighted by molar-refractivity contribution is 5.91. The van der Waals surface area contributed by atoms with Gasteiger partial charge in [0.25, 0.3) is 0 Å². The Kier molecular flexibility index (Phi) is 4.69. The summed E-state index contributed by atoms with van der Waals surface area (Å²) in [6.45, 7) is 4.75. The lowest BCUT2D eigenvalue weighted by Crippen LogP contribution is -2.12. The summed E-state index contributed by atoms with van der Waals surface area (Å²) in [7, 11) is 0. The fourth-order valence-electron chi connectivity index (χ4n) is 2.32. The highest BCUT2D eigenvalue weighted by Gasteiger charge is 2.20. The molecule has 0 aliphatic rings. The monoisotopic (exact) mass is 326 g/mol. The molecule has 0 saturated carbocycles. The van der Waals surface area contributed by atoms with Gasteiger partial charge in [-0.1, -0.05) is 30.3 Å².